The van der Waals surface area contributed by atoms with Crippen LogP contribution in [0.2, 0.25) is 0 Å². The number of hydrogen-bond donors (Lipinski definition) is 1. The van der Waals surface area contributed by atoms with E-state index in [9.17, 15) is 22.8 Å². The van der Waals surface area contributed by atoms with Gasteiger partial charge < -0.3 is 15.0 Å². The van der Waals surface area contributed by atoms with Crippen LogP contribution in [0.4, 0.5) is 18.9 Å². The Morgan fingerprint density at radius 2 is 1.62 bits per heavy atom. The van der Waals surface area contributed by atoms with Crippen LogP contribution in [0.1, 0.15) is 44.9 Å². The minimum atomic E-state index is -5.13. The maximum atomic E-state index is 13.6. The number of rotatable bonds is 5. The van der Waals surface area contributed by atoms with E-state index in [2.05, 4.69) is 5.32 Å². The molecule has 1 N–H and O–H groups in total. The number of alkyl halides is 3. The highest BCUT2D eigenvalue weighted by Gasteiger charge is 2.46. The second kappa shape index (κ2) is 9.61. The molecule has 0 bridgehead atoms. The molecule has 0 aromatic heterocycles. The fourth-order valence-corrected chi connectivity index (χ4v) is 4.26. The molecule has 5 nitrogen and oxygen atoms in total. The van der Waals surface area contributed by atoms with Gasteiger partial charge in [0.2, 0.25) is 0 Å². The Bertz CT molecular complexity index is 684. The van der Waals surface area contributed by atoms with Crippen LogP contribution in [-0.4, -0.2) is 43.3 Å². The second-order valence-electron chi connectivity index (χ2n) is 7.75. The molecule has 0 radical (unpaired) electrons. The van der Waals surface area contributed by atoms with Gasteiger partial charge in [0.15, 0.2) is 6.10 Å². The first kappa shape index (κ1) is 21.6. The molecule has 1 heterocycles. The van der Waals surface area contributed by atoms with E-state index in [-0.39, 0.29) is 6.04 Å². The fourth-order valence-electron chi connectivity index (χ4n) is 4.26. The zero-order valence-electron chi connectivity index (χ0n) is 16.3. The number of ether oxygens (including phenoxy) is 1. The van der Waals surface area contributed by atoms with E-state index in [0.717, 1.165) is 32.1 Å². The Balaban J connectivity index is 1.91. The summed E-state index contributed by atoms with van der Waals surface area (Å²) in [6.45, 7) is 1.15. The molecule has 1 aromatic rings. The summed E-state index contributed by atoms with van der Waals surface area (Å²) in [5.74, 6) is -3.29. The summed E-state index contributed by atoms with van der Waals surface area (Å²) in [5.41, 5.74) is 0.631. The molecule has 1 saturated carbocycles. The number of piperidine rings is 1. The highest BCUT2D eigenvalue weighted by molar-refractivity contribution is 5.98. The van der Waals surface area contributed by atoms with E-state index in [1.807, 2.05) is 6.07 Å². The van der Waals surface area contributed by atoms with Crippen LogP contribution in [0, 0.1) is 5.92 Å². The van der Waals surface area contributed by atoms with Crippen molar-refractivity contribution in [3.63, 3.8) is 0 Å². The molecule has 29 heavy (non-hydrogen) atoms. The maximum Gasteiger partial charge on any atom is 0.490 e. The van der Waals surface area contributed by atoms with Gasteiger partial charge >= 0.3 is 12.1 Å². The SMILES string of the molecule is O=C(C(OC(=O)C(F)(F)F)C1CCNCC1)N(c1ccccc1)C1CCCCC1. The molecule has 8 heteroatoms. The zero-order chi connectivity index (χ0) is 20.9. The summed E-state index contributed by atoms with van der Waals surface area (Å²) in [7, 11) is 0. The predicted octanol–water partition coefficient (Wildman–Crippen LogP) is 3.83. The molecule has 0 spiro atoms. The summed E-state index contributed by atoms with van der Waals surface area (Å²) in [4.78, 5) is 26.8. The van der Waals surface area contributed by atoms with E-state index in [1.165, 1.54) is 0 Å². The van der Waals surface area contributed by atoms with Crippen molar-refractivity contribution in [2.45, 2.75) is 63.3 Å². The third-order valence-electron chi connectivity index (χ3n) is 5.73. The Kier molecular flexibility index (Phi) is 7.16. The maximum absolute atomic E-state index is 13.6. The van der Waals surface area contributed by atoms with Gasteiger partial charge in [0, 0.05) is 17.6 Å². The molecule has 1 atom stereocenters. The smallest absolute Gasteiger partial charge is 0.445 e. The van der Waals surface area contributed by atoms with Crippen LogP contribution in [0.15, 0.2) is 30.3 Å². The fraction of sp³-hybridized carbons (Fsp3) is 0.619. The lowest BCUT2D eigenvalue weighted by Crippen LogP contribution is -2.52. The van der Waals surface area contributed by atoms with Gasteiger partial charge in [0.1, 0.15) is 0 Å². The first-order chi connectivity index (χ1) is 13.9. The highest BCUT2D eigenvalue weighted by atomic mass is 19.4. The van der Waals surface area contributed by atoms with Crippen molar-refractivity contribution >= 4 is 17.6 Å². The molecule has 2 aliphatic rings. The molecule has 1 unspecified atom stereocenters. The highest BCUT2D eigenvalue weighted by Crippen LogP contribution is 2.32. The first-order valence-corrected chi connectivity index (χ1v) is 10.2. The van der Waals surface area contributed by atoms with Crippen molar-refractivity contribution < 1.29 is 27.5 Å². The van der Waals surface area contributed by atoms with Crippen LogP contribution in [0.25, 0.3) is 0 Å². The number of carbonyl (C=O) groups is 2. The predicted molar refractivity (Wildman–Crippen MR) is 102 cm³/mol. The van der Waals surface area contributed by atoms with E-state index in [0.29, 0.717) is 31.6 Å². The largest absolute Gasteiger partial charge is 0.490 e. The molecule has 1 amide bonds. The number of anilines is 1. The van der Waals surface area contributed by atoms with Crippen LogP contribution in [0.5, 0.6) is 0 Å². The van der Waals surface area contributed by atoms with Crippen molar-refractivity contribution in [2.75, 3.05) is 18.0 Å². The standard InChI is InChI=1S/C21H27F3N2O3/c22-21(23,24)20(28)29-18(15-11-13-25-14-12-15)19(27)26(16-7-3-1-4-8-16)17-9-5-2-6-10-17/h1,3-4,7-8,15,17-18,25H,2,5-6,9-14H2. The Morgan fingerprint density at radius 1 is 1.00 bits per heavy atom. The molecular weight excluding hydrogens is 385 g/mol. The van der Waals surface area contributed by atoms with Crippen LogP contribution < -0.4 is 10.2 Å². The van der Waals surface area contributed by atoms with Crippen LogP contribution in [-0.2, 0) is 14.3 Å². The lowest BCUT2D eigenvalue weighted by molar-refractivity contribution is -0.207. The number of para-hydroxylation sites is 1. The third-order valence-corrected chi connectivity index (χ3v) is 5.73. The van der Waals surface area contributed by atoms with E-state index in [4.69, 9.17) is 4.74 Å². The zero-order valence-corrected chi connectivity index (χ0v) is 16.3. The van der Waals surface area contributed by atoms with Gasteiger partial charge in [-0.25, -0.2) is 4.79 Å². The summed E-state index contributed by atoms with van der Waals surface area (Å²) < 4.78 is 43.5. The topological polar surface area (TPSA) is 58.6 Å². The van der Waals surface area contributed by atoms with E-state index >= 15 is 0 Å². The van der Waals surface area contributed by atoms with Gasteiger partial charge in [-0.05, 0) is 50.9 Å². The normalized spacial score (nSPS) is 20.1. The van der Waals surface area contributed by atoms with E-state index < -0.39 is 30.1 Å². The van der Waals surface area contributed by atoms with Gasteiger partial charge in [0.05, 0.1) is 0 Å². The number of carbonyl (C=O) groups excluding carboxylic acids is 2. The van der Waals surface area contributed by atoms with Crippen LogP contribution >= 0.6 is 0 Å². The van der Waals surface area contributed by atoms with Gasteiger partial charge in [-0.15, -0.1) is 0 Å². The first-order valence-electron chi connectivity index (χ1n) is 10.2. The van der Waals surface area contributed by atoms with Gasteiger partial charge in [-0.2, -0.15) is 13.2 Å². The summed E-state index contributed by atoms with van der Waals surface area (Å²) in [6.07, 6.45) is -1.04. The van der Waals surface area contributed by atoms with Gasteiger partial charge in [-0.1, -0.05) is 37.5 Å². The second-order valence-corrected chi connectivity index (χ2v) is 7.75. The van der Waals surface area contributed by atoms with Crippen molar-refractivity contribution in [1.29, 1.82) is 0 Å². The molecule has 2 fully saturated rings. The summed E-state index contributed by atoms with van der Waals surface area (Å²) >= 11 is 0. The molecule has 3 rings (SSSR count). The number of nitrogens with one attached hydrogen (secondary N) is 1. The monoisotopic (exact) mass is 412 g/mol. The van der Waals surface area contributed by atoms with Crippen molar-refractivity contribution in [3.8, 4) is 0 Å². The quantitative estimate of drug-likeness (QED) is 0.747. The molecule has 160 valence electrons. The molecule has 1 aromatic carbocycles. The average Bonchev–Trinajstić information content (AvgIpc) is 2.73. The van der Waals surface area contributed by atoms with Gasteiger partial charge in [0.25, 0.3) is 5.91 Å². The molecule has 1 aliphatic carbocycles. The number of hydrogen-bond acceptors (Lipinski definition) is 4. The molecule has 1 saturated heterocycles. The molecular formula is C21H27F3N2O3. The number of nitrogens with zero attached hydrogens (tertiary/aromatic N) is 1. The summed E-state index contributed by atoms with van der Waals surface area (Å²) in [5, 5.41) is 3.13. The van der Waals surface area contributed by atoms with Crippen molar-refractivity contribution in [3.05, 3.63) is 30.3 Å². The number of esters is 1. The number of amides is 1. The minimum Gasteiger partial charge on any atom is -0.445 e. The number of halogens is 3. The van der Waals surface area contributed by atoms with E-state index in [1.54, 1.807) is 29.2 Å². The lowest BCUT2D eigenvalue weighted by Gasteiger charge is -2.38. The van der Waals surface area contributed by atoms with Crippen molar-refractivity contribution in [1.82, 2.24) is 5.32 Å². The third kappa shape index (κ3) is 5.50. The Morgan fingerprint density at radius 3 is 2.21 bits per heavy atom. The minimum absolute atomic E-state index is 0.104. The van der Waals surface area contributed by atoms with Gasteiger partial charge in [-0.3, -0.25) is 4.79 Å². The Labute approximate surface area is 168 Å². The number of benzene rings is 1. The Hall–Kier alpha value is -2.09. The molecule has 1 aliphatic heterocycles. The average molecular weight is 412 g/mol. The van der Waals surface area contributed by atoms with Crippen molar-refractivity contribution in [2.24, 2.45) is 5.92 Å². The summed E-state index contributed by atoms with van der Waals surface area (Å²) in [6, 6.07) is 8.85. The lowest BCUT2D eigenvalue weighted by atomic mass is 9.89. The van der Waals surface area contributed by atoms with Crippen LogP contribution in [0.3, 0.4) is 0 Å².